The van der Waals surface area contributed by atoms with Gasteiger partial charge in [0.15, 0.2) is 0 Å². The van der Waals surface area contributed by atoms with Crippen LogP contribution < -0.4 is 0 Å². The molecule has 0 aromatic heterocycles. The topological polar surface area (TPSA) is 0 Å². The van der Waals surface area contributed by atoms with Crippen molar-refractivity contribution in [2.75, 3.05) is 0 Å². The monoisotopic (exact) mass is 557 g/mol. The molecule has 0 spiro atoms. The Balaban J connectivity index is 0.00000241. The minimum Gasteiger partial charge on any atom is -0.147 e. The molecule has 3 heteroatoms. The van der Waals surface area contributed by atoms with Crippen LogP contribution in [-0.4, -0.2) is 6.88 Å². The van der Waals surface area contributed by atoms with E-state index in [1.54, 1.807) is 22.3 Å². The van der Waals surface area contributed by atoms with Gasteiger partial charge in [0.25, 0.3) is 0 Å². The van der Waals surface area contributed by atoms with Gasteiger partial charge in [-0.2, -0.15) is 0 Å². The van der Waals surface area contributed by atoms with Crippen LogP contribution in [0.1, 0.15) is 47.9 Å². The maximum atomic E-state index is 2.67. The molecule has 0 aliphatic heterocycles. The molecule has 0 nitrogen and oxygen atoms in total. The van der Waals surface area contributed by atoms with E-state index in [4.69, 9.17) is 0 Å². The van der Waals surface area contributed by atoms with Gasteiger partial charge in [-0.1, -0.05) is 0 Å². The van der Waals surface area contributed by atoms with Crippen molar-refractivity contribution >= 4 is 53.0 Å². The smallest absolute Gasteiger partial charge is 0.147 e. The van der Waals surface area contributed by atoms with E-state index in [1.165, 1.54) is 32.7 Å². The molecule has 34 heavy (non-hydrogen) atoms. The molecular formula is C31H32ClSiZr. The fraction of sp³-hybridized carbons (Fsp3) is 0.226. The average molecular weight is 559 g/mol. The molecule has 2 aliphatic rings. The SMILES string of the molecule is CC1=Cc2ccc3ccccc3c2C1[CH](C1C(C)=Cc2ccc3ccccc3c21)[Zr]([CH3])([CH3])=[SiH2].Cl. The van der Waals surface area contributed by atoms with E-state index >= 15 is 0 Å². The third-order valence-corrected chi connectivity index (χ3v) is 16.9. The summed E-state index contributed by atoms with van der Waals surface area (Å²) in [5, 5.41) is 5.66. The van der Waals surface area contributed by atoms with Gasteiger partial charge >= 0.3 is 204 Å². The first kappa shape index (κ1) is 24.0. The van der Waals surface area contributed by atoms with Crippen LogP contribution in [0.3, 0.4) is 0 Å². The van der Waals surface area contributed by atoms with Crippen LogP contribution in [0.15, 0.2) is 83.9 Å². The fourth-order valence-electron chi connectivity index (χ4n) is 6.72. The Bertz CT molecular complexity index is 1450. The first-order valence-electron chi connectivity index (χ1n) is 12.1. The van der Waals surface area contributed by atoms with Crippen molar-refractivity contribution in [3.8, 4) is 0 Å². The van der Waals surface area contributed by atoms with E-state index < -0.39 is 18.9 Å². The summed E-state index contributed by atoms with van der Waals surface area (Å²) in [6.45, 7) is 7.19. The summed E-state index contributed by atoms with van der Waals surface area (Å²) in [6.07, 6.45) is 4.97. The van der Waals surface area contributed by atoms with E-state index in [9.17, 15) is 0 Å². The van der Waals surface area contributed by atoms with Crippen LogP contribution in [0.4, 0.5) is 0 Å². The van der Waals surface area contributed by atoms with Crippen molar-refractivity contribution in [3.63, 3.8) is 0 Å². The standard InChI is InChI=1S/C29H23.2CH3.ClH.H2Si.Zr/c1-18-15-22-13-11-20-7-3-5-9-24(20)28(22)26(18)17-27-19(2)16-23-14-12-21-8-4-6-10-25(21)29(23)27;;;;;/h3-17,26-27H,1-2H3;2*1H3;1H;1H2;. The number of allylic oxidation sites excluding steroid dienone is 2. The first-order valence-corrected chi connectivity index (χ1v) is 24.4. The predicted octanol–water partition coefficient (Wildman–Crippen LogP) is 8.70. The molecule has 2 aliphatic carbocycles. The summed E-state index contributed by atoms with van der Waals surface area (Å²) >= 11 is -2.45. The summed E-state index contributed by atoms with van der Waals surface area (Å²) in [6, 6.07) is 27.4. The van der Waals surface area contributed by atoms with Crippen molar-refractivity contribution in [1.82, 2.24) is 0 Å². The summed E-state index contributed by atoms with van der Waals surface area (Å²) in [5.74, 6) is 1.01. The van der Waals surface area contributed by atoms with Crippen LogP contribution in [0.5, 0.6) is 0 Å². The van der Waals surface area contributed by atoms with Gasteiger partial charge in [-0.15, -0.1) is 12.4 Å². The molecule has 0 heterocycles. The number of halogens is 1. The third-order valence-electron chi connectivity index (χ3n) is 8.00. The zero-order valence-electron chi connectivity index (χ0n) is 20.4. The number of hydrogen-bond acceptors (Lipinski definition) is 0. The number of hydrogen-bond donors (Lipinski definition) is 0. The van der Waals surface area contributed by atoms with Crippen LogP contribution in [0, 0.1) is 0 Å². The van der Waals surface area contributed by atoms with Crippen LogP contribution >= 0.6 is 12.4 Å². The zero-order chi connectivity index (χ0) is 22.9. The van der Waals surface area contributed by atoms with Crippen molar-refractivity contribution in [2.45, 2.75) is 38.6 Å². The predicted molar refractivity (Wildman–Crippen MR) is 152 cm³/mol. The van der Waals surface area contributed by atoms with Gasteiger partial charge in [0, 0.05) is 0 Å². The van der Waals surface area contributed by atoms with Crippen molar-refractivity contribution in [2.24, 2.45) is 0 Å². The van der Waals surface area contributed by atoms with Crippen molar-refractivity contribution in [1.29, 1.82) is 0 Å². The molecule has 0 saturated carbocycles. The maximum Gasteiger partial charge on any atom is -0.147 e. The Kier molecular flexibility index (Phi) is 6.16. The van der Waals surface area contributed by atoms with Gasteiger partial charge in [-0.3, -0.25) is 0 Å². The minimum atomic E-state index is -2.45. The second-order valence-corrected chi connectivity index (χ2v) is 33.0. The van der Waals surface area contributed by atoms with E-state index in [1.807, 2.05) is 0 Å². The number of rotatable bonds is 3. The Morgan fingerprint density at radius 3 is 1.47 bits per heavy atom. The molecule has 6 rings (SSSR count). The van der Waals surface area contributed by atoms with Gasteiger partial charge < -0.3 is 0 Å². The number of fused-ring (bicyclic) bond motifs is 6. The average Bonchev–Trinajstić information content (AvgIpc) is 3.30. The maximum absolute atomic E-state index is 2.67. The molecule has 4 aromatic carbocycles. The molecule has 0 radical (unpaired) electrons. The van der Waals surface area contributed by atoms with E-state index in [0.717, 1.165) is 0 Å². The van der Waals surface area contributed by atoms with Gasteiger partial charge in [0.1, 0.15) is 0 Å². The Labute approximate surface area is 215 Å². The summed E-state index contributed by atoms with van der Waals surface area (Å²) in [4.78, 5) is 0. The first-order chi connectivity index (χ1) is 15.8. The summed E-state index contributed by atoms with van der Waals surface area (Å²) in [5.41, 5.74) is 9.19. The van der Waals surface area contributed by atoms with Crippen LogP contribution in [0.2, 0.25) is 12.9 Å². The van der Waals surface area contributed by atoms with Gasteiger partial charge in [-0.05, 0) is 0 Å². The Morgan fingerprint density at radius 1 is 0.647 bits per heavy atom. The molecule has 0 fully saturated rings. The summed E-state index contributed by atoms with van der Waals surface area (Å²) in [7, 11) is 0. The van der Waals surface area contributed by atoms with Gasteiger partial charge in [0.2, 0.25) is 0 Å². The summed E-state index contributed by atoms with van der Waals surface area (Å²) < 4.78 is 6.03. The fourth-order valence-corrected chi connectivity index (χ4v) is 16.1. The molecule has 2 atom stereocenters. The van der Waals surface area contributed by atoms with Crippen LogP contribution in [0.25, 0.3) is 33.7 Å². The quantitative estimate of drug-likeness (QED) is 0.220. The van der Waals surface area contributed by atoms with E-state index in [2.05, 4.69) is 115 Å². The molecule has 171 valence electrons. The largest absolute Gasteiger partial charge is 0.147 e. The molecular weight excluding hydrogens is 527 g/mol. The van der Waals surface area contributed by atoms with Crippen molar-refractivity contribution < 1.29 is 18.9 Å². The normalized spacial score (nSPS) is 19.9. The molecule has 4 aromatic rings. The van der Waals surface area contributed by atoms with Crippen molar-refractivity contribution in [3.05, 3.63) is 106 Å². The zero-order valence-corrected chi connectivity index (χ0v) is 25.1. The van der Waals surface area contributed by atoms with Gasteiger partial charge in [0.05, 0.1) is 0 Å². The molecule has 0 bridgehead atoms. The minimum absolute atomic E-state index is 0. The second kappa shape index (κ2) is 8.74. The van der Waals surface area contributed by atoms with Gasteiger partial charge in [-0.25, -0.2) is 0 Å². The molecule has 0 saturated heterocycles. The number of benzene rings is 4. The van der Waals surface area contributed by atoms with Crippen LogP contribution in [-0.2, 0) is 18.9 Å². The molecule has 0 amide bonds. The Hall–Kier alpha value is -1.73. The Morgan fingerprint density at radius 2 is 1.06 bits per heavy atom. The molecule has 2 unspecified atom stereocenters. The molecule has 0 N–H and O–H groups in total. The van der Waals surface area contributed by atoms with E-state index in [-0.39, 0.29) is 12.4 Å². The second-order valence-electron chi connectivity index (χ2n) is 10.8. The third kappa shape index (κ3) is 3.65. The van der Waals surface area contributed by atoms with E-state index in [0.29, 0.717) is 15.5 Å².